The molecule has 0 atom stereocenters. The van der Waals surface area contributed by atoms with E-state index in [9.17, 15) is 4.79 Å². The molecular weight excluding hydrogens is 286 g/mol. The summed E-state index contributed by atoms with van der Waals surface area (Å²) in [5.41, 5.74) is 4.44. The molecule has 3 heteroatoms. The lowest BCUT2D eigenvalue weighted by Crippen LogP contribution is -2.08. The highest BCUT2D eigenvalue weighted by Gasteiger charge is 2.18. The van der Waals surface area contributed by atoms with Gasteiger partial charge in [-0.3, -0.25) is 0 Å². The number of aryl methyl sites for hydroxylation is 2. The summed E-state index contributed by atoms with van der Waals surface area (Å²) in [5.74, 6) is -0.320. The summed E-state index contributed by atoms with van der Waals surface area (Å²) in [6.45, 7) is 11.6. The molecule has 0 radical (unpaired) electrons. The van der Waals surface area contributed by atoms with E-state index in [1.165, 1.54) is 5.56 Å². The van der Waals surface area contributed by atoms with Crippen LogP contribution in [-0.2, 0) is 11.2 Å². The van der Waals surface area contributed by atoms with Crippen LogP contribution >= 0.6 is 0 Å². The van der Waals surface area contributed by atoms with E-state index in [2.05, 4.69) is 37.2 Å². The van der Waals surface area contributed by atoms with Crippen LogP contribution in [0.25, 0.3) is 10.9 Å². The molecule has 120 valence electrons. The van der Waals surface area contributed by atoms with Crippen molar-refractivity contribution in [2.24, 2.45) is 0 Å². The average Bonchev–Trinajstić information content (AvgIpc) is 2.86. The number of nitrogens with one attached hydrogen (secondary N) is 1. The summed E-state index contributed by atoms with van der Waals surface area (Å²) in [6.07, 6.45) is 7.16. The van der Waals surface area contributed by atoms with Crippen molar-refractivity contribution >= 4 is 16.9 Å². The second-order valence-electron chi connectivity index (χ2n) is 5.51. The van der Waals surface area contributed by atoms with Gasteiger partial charge >= 0.3 is 5.97 Å². The highest BCUT2D eigenvalue weighted by molar-refractivity contribution is 6.05. The topological polar surface area (TPSA) is 42.1 Å². The lowest BCUT2D eigenvalue weighted by Gasteiger charge is -2.06. The minimum absolute atomic E-state index is 0.190. The van der Waals surface area contributed by atoms with Gasteiger partial charge in [-0.25, -0.2) is 4.79 Å². The van der Waals surface area contributed by atoms with Crippen molar-refractivity contribution in [1.82, 2.24) is 4.98 Å². The molecule has 0 saturated carbocycles. The van der Waals surface area contributed by atoms with Crippen LogP contribution in [0.3, 0.4) is 0 Å². The van der Waals surface area contributed by atoms with Gasteiger partial charge in [0, 0.05) is 16.6 Å². The summed E-state index contributed by atoms with van der Waals surface area (Å²) in [7, 11) is 0. The lowest BCUT2D eigenvalue weighted by molar-refractivity contribution is 0.0544. The first-order valence-electron chi connectivity index (χ1n) is 7.83. The predicted octanol–water partition coefficient (Wildman–Crippen LogP) is 4.88. The number of rotatable bonds is 7. The van der Waals surface area contributed by atoms with Gasteiger partial charge in [0.2, 0.25) is 0 Å². The van der Waals surface area contributed by atoms with Crippen LogP contribution in [0.15, 0.2) is 55.2 Å². The van der Waals surface area contributed by atoms with Gasteiger partial charge in [0.25, 0.3) is 0 Å². The summed E-state index contributed by atoms with van der Waals surface area (Å²) >= 11 is 0. The third kappa shape index (κ3) is 3.81. The zero-order valence-corrected chi connectivity index (χ0v) is 13.8. The van der Waals surface area contributed by atoms with Gasteiger partial charge in [-0.15, -0.1) is 0 Å². The van der Waals surface area contributed by atoms with Crippen LogP contribution in [0.4, 0.5) is 0 Å². The summed E-state index contributed by atoms with van der Waals surface area (Å²) < 4.78 is 5.43. The molecule has 23 heavy (non-hydrogen) atoms. The summed E-state index contributed by atoms with van der Waals surface area (Å²) in [6, 6.07) is 6.20. The summed E-state index contributed by atoms with van der Waals surface area (Å²) in [4.78, 5) is 15.8. The number of allylic oxidation sites excluding steroid dienone is 2. The van der Waals surface area contributed by atoms with E-state index in [0.29, 0.717) is 5.56 Å². The number of hydrogen-bond donors (Lipinski definition) is 1. The second kappa shape index (κ2) is 7.63. The maximum atomic E-state index is 12.5. The smallest absolute Gasteiger partial charge is 0.340 e. The fraction of sp³-hybridized carbons (Fsp3) is 0.250. The van der Waals surface area contributed by atoms with Crippen LogP contribution in [0.2, 0.25) is 0 Å². The molecular formula is C20H23NO2. The number of fused-ring (bicyclic) bond motifs is 1. The van der Waals surface area contributed by atoms with Gasteiger partial charge in [-0.05, 0) is 36.6 Å². The summed E-state index contributed by atoms with van der Waals surface area (Å²) in [5, 5.41) is 0.923. The third-order valence-electron chi connectivity index (χ3n) is 3.76. The Bertz CT molecular complexity index is 765. The number of aromatic nitrogens is 1. The highest BCUT2D eigenvalue weighted by atomic mass is 16.5. The van der Waals surface area contributed by atoms with E-state index in [4.69, 9.17) is 4.74 Å². The molecule has 0 spiro atoms. The van der Waals surface area contributed by atoms with E-state index >= 15 is 0 Å². The monoisotopic (exact) mass is 309 g/mol. The van der Waals surface area contributed by atoms with Crippen LogP contribution in [0.1, 0.15) is 35.0 Å². The number of hydrogen-bond acceptors (Lipinski definition) is 2. The van der Waals surface area contributed by atoms with Crippen molar-refractivity contribution in [2.75, 3.05) is 6.61 Å². The molecule has 2 rings (SSSR count). The molecule has 1 heterocycles. The third-order valence-corrected chi connectivity index (χ3v) is 3.76. The number of aromatic amines is 1. The SMILES string of the molecule is C=C/C=C(\C=C)COC(=O)c1c(C)[nH]c2ccc(CCC)cc12. The van der Waals surface area contributed by atoms with Gasteiger partial charge in [0.1, 0.15) is 6.61 Å². The first kappa shape index (κ1) is 16.8. The number of carbonyl (C=O) groups is 1. The molecule has 0 aliphatic heterocycles. The van der Waals surface area contributed by atoms with E-state index < -0.39 is 0 Å². The van der Waals surface area contributed by atoms with Gasteiger partial charge in [0.15, 0.2) is 0 Å². The number of esters is 1. The van der Waals surface area contributed by atoms with E-state index in [0.717, 1.165) is 35.0 Å². The molecule has 1 aromatic carbocycles. The Balaban J connectivity index is 2.30. The predicted molar refractivity (Wildman–Crippen MR) is 95.8 cm³/mol. The lowest BCUT2D eigenvalue weighted by atomic mass is 10.1. The minimum Gasteiger partial charge on any atom is -0.457 e. The number of H-pyrrole nitrogens is 1. The van der Waals surface area contributed by atoms with Crippen LogP contribution in [0, 0.1) is 6.92 Å². The Labute approximate surface area is 137 Å². The van der Waals surface area contributed by atoms with Gasteiger partial charge in [-0.2, -0.15) is 0 Å². The highest BCUT2D eigenvalue weighted by Crippen LogP contribution is 2.25. The van der Waals surface area contributed by atoms with Gasteiger partial charge in [-0.1, -0.05) is 50.8 Å². The number of carbonyl (C=O) groups excluding carboxylic acids is 1. The zero-order valence-electron chi connectivity index (χ0n) is 13.8. The zero-order chi connectivity index (χ0) is 16.8. The van der Waals surface area contributed by atoms with Crippen molar-refractivity contribution < 1.29 is 9.53 Å². The maximum absolute atomic E-state index is 12.5. The molecule has 0 amide bonds. The Kier molecular flexibility index (Phi) is 5.58. The van der Waals surface area contributed by atoms with E-state index in [1.807, 2.05) is 13.0 Å². The molecule has 0 aliphatic carbocycles. The quantitative estimate of drug-likeness (QED) is 0.585. The van der Waals surface area contributed by atoms with Crippen LogP contribution in [0.5, 0.6) is 0 Å². The molecule has 1 aromatic heterocycles. The molecule has 0 unspecified atom stereocenters. The molecule has 0 saturated heterocycles. The Morgan fingerprint density at radius 2 is 2.13 bits per heavy atom. The number of ether oxygens (including phenoxy) is 1. The Hall–Kier alpha value is -2.55. The van der Waals surface area contributed by atoms with Crippen LogP contribution < -0.4 is 0 Å². The average molecular weight is 309 g/mol. The fourth-order valence-electron chi connectivity index (χ4n) is 2.63. The van der Waals surface area contributed by atoms with Crippen molar-refractivity contribution in [3.63, 3.8) is 0 Å². The standard InChI is InChI=1S/C20H23NO2/c1-5-8-15(7-3)13-23-20(22)19-14(4)21-18-11-10-16(9-6-2)12-17(18)19/h5,7-8,10-12,21H,1,3,6,9,13H2,2,4H3/b15-8+. The maximum Gasteiger partial charge on any atom is 0.340 e. The normalized spacial score (nSPS) is 11.5. The Morgan fingerprint density at radius 3 is 2.78 bits per heavy atom. The van der Waals surface area contributed by atoms with Crippen LogP contribution in [-0.4, -0.2) is 17.6 Å². The van der Waals surface area contributed by atoms with Gasteiger partial charge < -0.3 is 9.72 Å². The minimum atomic E-state index is -0.320. The fourth-order valence-corrected chi connectivity index (χ4v) is 2.63. The van der Waals surface area contributed by atoms with Crippen molar-refractivity contribution in [3.05, 3.63) is 72.0 Å². The molecule has 0 aliphatic rings. The van der Waals surface area contributed by atoms with Gasteiger partial charge in [0.05, 0.1) is 5.56 Å². The second-order valence-corrected chi connectivity index (χ2v) is 5.51. The first-order valence-corrected chi connectivity index (χ1v) is 7.83. The van der Waals surface area contributed by atoms with Crippen molar-refractivity contribution in [2.45, 2.75) is 26.7 Å². The molecule has 0 fully saturated rings. The first-order chi connectivity index (χ1) is 11.1. The van der Waals surface area contributed by atoms with E-state index in [-0.39, 0.29) is 12.6 Å². The molecule has 1 N–H and O–H groups in total. The molecule has 0 bridgehead atoms. The van der Waals surface area contributed by atoms with Crippen molar-refractivity contribution in [1.29, 1.82) is 0 Å². The van der Waals surface area contributed by atoms with Crippen molar-refractivity contribution in [3.8, 4) is 0 Å². The van der Waals surface area contributed by atoms with E-state index in [1.54, 1.807) is 18.2 Å². The Morgan fingerprint density at radius 1 is 1.35 bits per heavy atom. The number of benzene rings is 1. The molecule has 2 aromatic rings. The molecule has 3 nitrogen and oxygen atoms in total. The largest absolute Gasteiger partial charge is 0.457 e.